The predicted molar refractivity (Wildman–Crippen MR) is 60.2 cm³/mol. The van der Waals surface area contributed by atoms with Crippen LogP contribution in [0.4, 0.5) is 0 Å². The van der Waals surface area contributed by atoms with E-state index in [1.165, 1.54) is 6.20 Å². The first-order valence-electron chi connectivity index (χ1n) is 4.92. The Morgan fingerprint density at radius 2 is 2.12 bits per heavy atom. The fourth-order valence-electron chi connectivity index (χ4n) is 1.24. The van der Waals surface area contributed by atoms with E-state index in [1.807, 2.05) is 13.8 Å². The van der Waals surface area contributed by atoms with Gasteiger partial charge in [-0.2, -0.15) is 0 Å². The van der Waals surface area contributed by atoms with Crippen LogP contribution in [0.1, 0.15) is 19.5 Å². The minimum atomic E-state index is -0.867. The van der Waals surface area contributed by atoms with Crippen molar-refractivity contribution in [2.75, 3.05) is 6.54 Å². The highest BCUT2D eigenvalue weighted by Crippen LogP contribution is 2.12. The molecule has 0 radical (unpaired) electrons. The molecule has 0 aliphatic carbocycles. The number of hydrogen-bond acceptors (Lipinski definition) is 4. The predicted octanol–water partition coefficient (Wildman–Crippen LogP) is 1.42. The molecule has 1 heterocycles. The van der Waals surface area contributed by atoms with Crippen LogP contribution < -0.4 is 0 Å². The van der Waals surface area contributed by atoms with Crippen molar-refractivity contribution in [3.8, 4) is 0 Å². The van der Waals surface area contributed by atoms with Crippen molar-refractivity contribution in [1.82, 2.24) is 14.9 Å². The highest BCUT2D eigenvalue weighted by atomic mass is 35.5. The van der Waals surface area contributed by atoms with Gasteiger partial charge in [-0.1, -0.05) is 11.6 Å². The van der Waals surface area contributed by atoms with Crippen molar-refractivity contribution in [3.05, 3.63) is 23.2 Å². The zero-order chi connectivity index (χ0) is 12.1. The first-order chi connectivity index (χ1) is 7.50. The molecule has 0 unspecified atom stereocenters. The number of hydrogen-bond donors (Lipinski definition) is 1. The van der Waals surface area contributed by atoms with E-state index in [1.54, 1.807) is 11.1 Å². The van der Waals surface area contributed by atoms with Crippen molar-refractivity contribution in [1.29, 1.82) is 0 Å². The van der Waals surface area contributed by atoms with Crippen molar-refractivity contribution in [2.45, 2.75) is 26.4 Å². The van der Waals surface area contributed by atoms with Gasteiger partial charge in [0.1, 0.15) is 0 Å². The molecule has 0 saturated carbocycles. The van der Waals surface area contributed by atoms with E-state index in [4.69, 9.17) is 16.7 Å². The molecule has 0 spiro atoms. The van der Waals surface area contributed by atoms with Crippen LogP contribution in [-0.2, 0) is 11.3 Å². The second kappa shape index (κ2) is 5.77. The minimum Gasteiger partial charge on any atom is -0.480 e. The molecule has 0 aliphatic heterocycles. The molecule has 1 aromatic heterocycles. The number of carboxylic acids is 1. The standard InChI is InChI=1S/C10H14ClN3O2/c1-7(2)14(6-9(15)16)5-8-10(11)13-4-3-12-8/h3-4,7H,5-6H2,1-2H3,(H,15,16). The summed E-state index contributed by atoms with van der Waals surface area (Å²) < 4.78 is 0. The van der Waals surface area contributed by atoms with E-state index in [2.05, 4.69) is 9.97 Å². The normalized spacial score (nSPS) is 11.1. The number of aromatic nitrogens is 2. The SMILES string of the molecule is CC(C)N(CC(=O)O)Cc1nccnc1Cl. The first-order valence-corrected chi connectivity index (χ1v) is 5.29. The summed E-state index contributed by atoms with van der Waals surface area (Å²) in [5.74, 6) is -0.867. The third-order valence-corrected chi connectivity index (χ3v) is 2.46. The Hall–Kier alpha value is -1.20. The van der Waals surface area contributed by atoms with Crippen LogP contribution in [0.5, 0.6) is 0 Å². The molecule has 1 aromatic rings. The lowest BCUT2D eigenvalue weighted by atomic mass is 10.3. The quantitative estimate of drug-likeness (QED) is 0.847. The number of carbonyl (C=O) groups is 1. The molecule has 0 aromatic carbocycles. The molecule has 1 N–H and O–H groups in total. The van der Waals surface area contributed by atoms with Gasteiger partial charge in [0, 0.05) is 25.0 Å². The molecule has 0 aliphatic rings. The molecule has 5 nitrogen and oxygen atoms in total. The molecule has 0 saturated heterocycles. The third-order valence-electron chi connectivity index (χ3n) is 2.14. The Bertz CT molecular complexity index is 371. The van der Waals surface area contributed by atoms with Gasteiger partial charge >= 0.3 is 5.97 Å². The third kappa shape index (κ3) is 3.75. The monoisotopic (exact) mass is 243 g/mol. The topological polar surface area (TPSA) is 66.3 Å². The maximum Gasteiger partial charge on any atom is 0.317 e. The van der Waals surface area contributed by atoms with Crippen molar-refractivity contribution < 1.29 is 9.90 Å². The summed E-state index contributed by atoms with van der Waals surface area (Å²) in [7, 11) is 0. The van der Waals surface area contributed by atoms with Crippen LogP contribution in [0.2, 0.25) is 5.15 Å². The number of aliphatic carboxylic acids is 1. The Balaban J connectivity index is 2.76. The van der Waals surface area contributed by atoms with Gasteiger partial charge in [0.25, 0.3) is 0 Å². The fraction of sp³-hybridized carbons (Fsp3) is 0.500. The lowest BCUT2D eigenvalue weighted by Crippen LogP contribution is -2.35. The molecular weight excluding hydrogens is 230 g/mol. The van der Waals surface area contributed by atoms with Gasteiger partial charge in [-0.15, -0.1) is 0 Å². The zero-order valence-electron chi connectivity index (χ0n) is 9.22. The Labute approximate surface area is 99.1 Å². The van der Waals surface area contributed by atoms with Crippen LogP contribution in [0, 0.1) is 0 Å². The van der Waals surface area contributed by atoms with E-state index in [-0.39, 0.29) is 12.6 Å². The number of rotatable bonds is 5. The highest BCUT2D eigenvalue weighted by Gasteiger charge is 2.16. The maximum absolute atomic E-state index is 10.7. The summed E-state index contributed by atoms with van der Waals surface area (Å²) in [4.78, 5) is 20.4. The Morgan fingerprint density at radius 1 is 1.50 bits per heavy atom. The second-order valence-corrected chi connectivity index (χ2v) is 4.04. The van der Waals surface area contributed by atoms with Gasteiger partial charge in [-0.3, -0.25) is 14.7 Å². The van der Waals surface area contributed by atoms with Crippen molar-refractivity contribution in [3.63, 3.8) is 0 Å². The summed E-state index contributed by atoms with van der Waals surface area (Å²) in [6, 6.07) is 0.106. The minimum absolute atomic E-state index is 0.0371. The lowest BCUT2D eigenvalue weighted by molar-refractivity contribution is -0.139. The average Bonchev–Trinajstić information content (AvgIpc) is 2.19. The van der Waals surface area contributed by atoms with Crippen LogP contribution in [0.3, 0.4) is 0 Å². The van der Waals surface area contributed by atoms with Gasteiger partial charge < -0.3 is 5.11 Å². The van der Waals surface area contributed by atoms with E-state index in [0.29, 0.717) is 17.4 Å². The fourth-order valence-corrected chi connectivity index (χ4v) is 1.41. The number of carboxylic acid groups (broad SMARTS) is 1. The number of halogens is 1. The van der Waals surface area contributed by atoms with Gasteiger partial charge in [0.2, 0.25) is 0 Å². The summed E-state index contributed by atoms with van der Waals surface area (Å²) in [6.07, 6.45) is 3.04. The molecule has 0 bridgehead atoms. The van der Waals surface area contributed by atoms with Gasteiger partial charge in [0.05, 0.1) is 12.2 Å². The average molecular weight is 244 g/mol. The lowest BCUT2D eigenvalue weighted by Gasteiger charge is -2.23. The summed E-state index contributed by atoms with van der Waals surface area (Å²) in [5, 5.41) is 9.09. The molecule has 88 valence electrons. The van der Waals surface area contributed by atoms with Gasteiger partial charge in [0.15, 0.2) is 5.15 Å². The van der Waals surface area contributed by atoms with Crippen molar-refractivity contribution in [2.24, 2.45) is 0 Å². The van der Waals surface area contributed by atoms with Gasteiger partial charge in [-0.05, 0) is 13.8 Å². The van der Waals surface area contributed by atoms with Crippen LogP contribution in [0.15, 0.2) is 12.4 Å². The number of nitrogens with zero attached hydrogens (tertiary/aromatic N) is 3. The molecule has 0 amide bonds. The van der Waals surface area contributed by atoms with E-state index in [0.717, 1.165) is 0 Å². The van der Waals surface area contributed by atoms with E-state index < -0.39 is 5.97 Å². The molecule has 0 fully saturated rings. The molecule has 16 heavy (non-hydrogen) atoms. The summed E-state index contributed by atoms with van der Waals surface area (Å²) in [6.45, 7) is 4.20. The summed E-state index contributed by atoms with van der Waals surface area (Å²) in [5.41, 5.74) is 0.596. The molecule has 6 heteroatoms. The Morgan fingerprint density at radius 3 is 2.62 bits per heavy atom. The zero-order valence-corrected chi connectivity index (χ0v) is 9.98. The van der Waals surface area contributed by atoms with Crippen molar-refractivity contribution >= 4 is 17.6 Å². The smallest absolute Gasteiger partial charge is 0.317 e. The van der Waals surface area contributed by atoms with Gasteiger partial charge in [-0.25, -0.2) is 4.98 Å². The largest absolute Gasteiger partial charge is 0.480 e. The maximum atomic E-state index is 10.7. The second-order valence-electron chi connectivity index (χ2n) is 3.69. The van der Waals surface area contributed by atoms with Crippen LogP contribution in [-0.4, -0.2) is 38.5 Å². The van der Waals surface area contributed by atoms with Crippen LogP contribution in [0.25, 0.3) is 0 Å². The summed E-state index contributed by atoms with van der Waals surface area (Å²) >= 11 is 5.86. The Kier molecular flexibility index (Phi) is 4.64. The molecular formula is C10H14ClN3O2. The molecule has 1 rings (SSSR count). The first kappa shape index (κ1) is 12.9. The van der Waals surface area contributed by atoms with E-state index in [9.17, 15) is 4.79 Å². The highest BCUT2D eigenvalue weighted by molar-refractivity contribution is 6.29. The van der Waals surface area contributed by atoms with E-state index >= 15 is 0 Å². The molecule has 0 atom stereocenters. The van der Waals surface area contributed by atoms with Crippen LogP contribution >= 0.6 is 11.6 Å².